The van der Waals surface area contributed by atoms with Crippen LogP contribution in [0, 0.1) is 0 Å². The fourth-order valence-corrected chi connectivity index (χ4v) is 6.38. The average molecular weight is 534 g/mol. The molecule has 0 radical (unpaired) electrons. The molecule has 0 aliphatic rings. The molecule has 0 aliphatic heterocycles. The molecule has 34 heavy (non-hydrogen) atoms. The summed E-state index contributed by atoms with van der Waals surface area (Å²) in [7, 11) is -1.00. The number of ether oxygens (including phenoxy) is 1. The number of halogens is 2. The van der Waals surface area contributed by atoms with E-state index in [4.69, 9.17) is 27.9 Å². The Hall–Kier alpha value is -2.45. The molecule has 3 unspecified atom stereocenters. The zero-order chi connectivity index (χ0) is 24.1. The van der Waals surface area contributed by atoms with Gasteiger partial charge in [0.15, 0.2) is 0 Å². The number of rotatable bonds is 9. The van der Waals surface area contributed by atoms with Crippen LogP contribution in [-0.2, 0) is 33.9 Å². The molecular formula is C25H22Cl2N2O3S2. The van der Waals surface area contributed by atoms with Gasteiger partial charge in [0.1, 0.15) is 5.75 Å². The summed E-state index contributed by atoms with van der Waals surface area (Å²) >= 11 is 12.2. The van der Waals surface area contributed by atoms with Gasteiger partial charge in [-0.25, -0.2) is 4.98 Å². The highest BCUT2D eigenvalue weighted by Gasteiger charge is 2.22. The molecule has 1 aromatic heterocycles. The van der Waals surface area contributed by atoms with Gasteiger partial charge in [-0.15, -0.1) is 0 Å². The van der Waals surface area contributed by atoms with Crippen LogP contribution in [0.2, 0.25) is 10.0 Å². The van der Waals surface area contributed by atoms with Crippen molar-refractivity contribution in [2.45, 2.75) is 27.3 Å². The lowest BCUT2D eigenvalue weighted by molar-refractivity contribution is 0.414. The van der Waals surface area contributed by atoms with E-state index < -0.39 is 21.6 Å². The normalized spacial score (nSPS) is 13.9. The second-order valence-corrected chi connectivity index (χ2v) is 11.4. The summed E-state index contributed by atoms with van der Waals surface area (Å²) in [6, 6.07) is 20.0. The van der Waals surface area contributed by atoms with Crippen LogP contribution >= 0.6 is 23.2 Å². The number of hydrogen-bond acceptors (Lipinski definition) is 4. The lowest BCUT2D eigenvalue weighted by Crippen LogP contribution is -2.14. The van der Waals surface area contributed by atoms with Crippen LogP contribution in [0.1, 0.15) is 16.4 Å². The zero-order valence-electron chi connectivity index (χ0n) is 18.3. The monoisotopic (exact) mass is 532 g/mol. The second kappa shape index (κ2) is 11.3. The third-order valence-electron chi connectivity index (χ3n) is 5.29. The molecule has 0 spiro atoms. The van der Waals surface area contributed by atoms with Crippen molar-refractivity contribution in [2.24, 2.45) is 0 Å². The maximum Gasteiger partial charge on any atom is 0.118 e. The van der Waals surface area contributed by atoms with E-state index in [0.29, 0.717) is 32.1 Å². The molecule has 5 nitrogen and oxygen atoms in total. The van der Waals surface area contributed by atoms with Crippen LogP contribution in [0.15, 0.2) is 95.2 Å². The Morgan fingerprint density at radius 1 is 0.941 bits per heavy atom. The molecule has 0 amide bonds. The molecule has 9 heteroatoms. The van der Waals surface area contributed by atoms with Crippen LogP contribution in [0.4, 0.5) is 0 Å². The maximum absolute atomic E-state index is 13.6. The van der Waals surface area contributed by atoms with E-state index in [1.54, 1.807) is 37.8 Å². The molecule has 0 N–H and O–H groups in total. The Balaban J connectivity index is 1.56. The Kier molecular flexibility index (Phi) is 8.21. The van der Waals surface area contributed by atoms with Gasteiger partial charge in [0.05, 0.1) is 56.1 Å². The Labute approximate surface area is 213 Å². The molecule has 176 valence electrons. The molecule has 0 fully saturated rings. The van der Waals surface area contributed by atoms with E-state index >= 15 is 0 Å². The van der Waals surface area contributed by atoms with Crippen LogP contribution in [0.25, 0.3) is 0 Å². The van der Waals surface area contributed by atoms with Gasteiger partial charge in [0, 0.05) is 28.7 Å². The van der Waals surface area contributed by atoms with E-state index in [1.165, 1.54) is 0 Å². The van der Waals surface area contributed by atoms with Crippen molar-refractivity contribution in [3.05, 3.63) is 107 Å². The van der Waals surface area contributed by atoms with Crippen LogP contribution in [0.5, 0.6) is 5.75 Å². The molecule has 0 saturated carbocycles. The molecule has 0 bridgehead atoms. The highest BCUT2D eigenvalue weighted by molar-refractivity contribution is 7.85. The Bertz CT molecular complexity index is 1300. The second-order valence-electron chi connectivity index (χ2n) is 7.53. The molecule has 1 heterocycles. The minimum Gasteiger partial charge on any atom is -0.497 e. The van der Waals surface area contributed by atoms with Crippen LogP contribution in [0.3, 0.4) is 0 Å². The van der Waals surface area contributed by atoms with Crippen molar-refractivity contribution in [1.29, 1.82) is 0 Å². The summed E-state index contributed by atoms with van der Waals surface area (Å²) < 4.78 is 33.5. The average Bonchev–Trinajstić information content (AvgIpc) is 3.38. The highest BCUT2D eigenvalue weighted by Crippen LogP contribution is 2.31. The van der Waals surface area contributed by atoms with Gasteiger partial charge >= 0.3 is 0 Å². The fourth-order valence-electron chi connectivity index (χ4n) is 3.44. The minimum absolute atomic E-state index is 0.359. The summed E-state index contributed by atoms with van der Waals surface area (Å²) in [5, 5.41) is 0.408. The first-order valence-electron chi connectivity index (χ1n) is 10.4. The number of hydrogen-bond donors (Lipinski definition) is 0. The SMILES string of the molecule is COc1ccc(CS(=O)c2ccc(C(Cn3ccnc3)S(=O)c3ccc(Cl)c(Cl)c3)cc2)cc1. The summed E-state index contributed by atoms with van der Waals surface area (Å²) in [5.41, 5.74) is 1.82. The number of benzene rings is 3. The van der Waals surface area contributed by atoms with Gasteiger partial charge in [-0.2, -0.15) is 0 Å². The number of nitrogens with zero attached hydrogens (tertiary/aromatic N) is 2. The lowest BCUT2D eigenvalue weighted by Gasteiger charge is -2.18. The lowest BCUT2D eigenvalue weighted by atomic mass is 10.1. The fraction of sp³-hybridized carbons (Fsp3) is 0.160. The number of methoxy groups -OCH3 is 1. The molecule has 0 aliphatic carbocycles. The van der Waals surface area contributed by atoms with Crippen molar-refractivity contribution < 1.29 is 13.2 Å². The topological polar surface area (TPSA) is 61.2 Å². The number of imidazole rings is 1. The van der Waals surface area contributed by atoms with E-state index in [-0.39, 0.29) is 5.25 Å². The molecule has 3 aromatic carbocycles. The van der Waals surface area contributed by atoms with E-state index in [2.05, 4.69) is 4.98 Å². The predicted octanol–water partition coefficient (Wildman–Crippen LogP) is 6.06. The Morgan fingerprint density at radius 3 is 2.26 bits per heavy atom. The van der Waals surface area contributed by atoms with Gasteiger partial charge in [-0.05, 0) is 53.6 Å². The van der Waals surface area contributed by atoms with Crippen molar-refractivity contribution in [2.75, 3.05) is 7.11 Å². The van der Waals surface area contributed by atoms with Gasteiger partial charge in [0.2, 0.25) is 0 Å². The first kappa shape index (κ1) is 24.7. The van der Waals surface area contributed by atoms with E-state index in [0.717, 1.165) is 16.9 Å². The van der Waals surface area contributed by atoms with Gasteiger partial charge in [-0.1, -0.05) is 47.5 Å². The van der Waals surface area contributed by atoms with Crippen molar-refractivity contribution >= 4 is 44.8 Å². The van der Waals surface area contributed by atoms with E-state index in [9.17, 15) is 8.42 Å². The third kappa shape index (κ3) is 5.96. The van der Waals surface area contributed by atoms with Crippen molar-refractivity contribution in [1.82, 2.24) is 9.55 Å². The molecule has 0 saturated heterocycles. The standard InChI is InChI=1S/C25H22Cl2N2O3S2/c1-32-20-6-2-18(3-7-20)16-33(30)21-8-4-19(5-9-21)25(15-29-13-12-28-17-29)34(31)22-10-11-23(26)24(27)14-22/h2-14,17,25H,15-16H2,1H3. The van der Waals surface area contributed by atoms with Gasteiger partial charge < -0.3 is 9.30 Å². The quantitative estimate of drug-likeness (QED) is 0.263. The van der Waals surface area contributed by atoms with Crippen molar-refractivity contribution in [3.63, 3.8) is 0 Å². The summed E-state index contributed by atoms with van der Waals surface area (Å²) in [6.07, 6.45) is 5.21. The third-order valence-corrected chi connectivity index (χ3v) is 9.08. The summed E-state index contributed by atoms with van der Waals surface area (Å²) in [4.78, 5) is 5.39. The van der Waals surface area contributed by atoms with Crippen molar-refractivity contribution in [3.8, 4) is 5.75 Å². The van der Waals surface area contributed by atoms with Crippen LogP contribution in [-0.4, -0.2) is 25.1 Å². The Morgan fingerprint density at radius 2 is 1.65 bits per heavy atom. The minimum atomic E-state index is -1.41. The largest absolute Gasteiger partial charge is 0.497 e. The molecular weight excluding hydrogens is 511 g/mol. The van der Waals surface area contributed by atoms with Gasteiger partial charge in [-0.3, -0.25) is 8.42 Å². The summed E-state index contributed by atoms with van der Waals surface area (Å²) in [6.45, 7) is 0.459. The maximum atomic E-state index is 13.6. The summed E-state index contributed by atoms with van der Waals surface area (Å²) in [5.74, 6) is 1.16. The number of aromatic nitrogens is 2. The van der Waals surface area contributed by atoms with Gasteiger partial charge in [0.25, 0.3) is 0 Å². The molecule has 4 aromatic rings. The highest BCUT2D eigenvalue weighted by atomic mass is 35.5. The van der Waals surface area contributed by atoms with Crippen LogP contribution < -0.4 is 4.74 Å². The van der Waals surface area contributed by atoms with E-state index in [1.807, 2.05) is 59.3 Å². The first-order chi connectivity index (χ1) is 16.4. The molecule has 4 rings (SSSR count). The first-order valence-corrected chi connectivity index (χ1v) is 13.7. The molecule has 3 atom stereocenters. The smallest absolute Gasteiger partial charge is 0.118 e. The zero-order valence-corrected chi connectivity index (χ0v) is 21.4. The predicted molar refractivity (Wildman–Crippen MR) is 137 cm³/mol.